The highest BCUT2D eigenvalue weighted by Gasteiger charge is 2.53. The second-order valence-electron chi connectivity index (χ2n) is 7.42. The molecule has 1 saturated carbocycles. The molecule has 1 spiro atoms. The lowest BCUT2D eigenvalue weighted by Crippen LogP contribution is -2.57. The number of nitrogens with zero attached hydrogens (tertiary/aromatic N) is 1. The minimum Gasteiger partial charge on any atom is -0.383 e. The van der Waals surface area contributed by atoms with Crippen LogP contribution in [0.5, 0.6) is 0 Å². The van der Waals surface area contributed by atoms with Crippen LogP contribution in [0.4, 0.5) is 0 Å². The summed E-state index contributed by atoms with van der Waals surface area (Å²) in [7, 11) is 1.58. The number of rotatable bonds is 5. The summed E-state index contributed by atoms with van der Waals surface area (Å²) >= 11 is 5.96. The first-order valence-corrected chi connectivity index (χ1v) is 9.84. The van der Waals surface area contributed by atoms with E-state index in [-0.39, 0.29) is 18.4 Å². The van der Waals surface area contributed by atoms with E-state index in [0.717, 1.165) is 25.7 Å². The fourth-order valence-electron chi connectivity index (χ4n) is 3.91. The van der Waals surface area contributed by atoms with Crippen LogP contribution in [0.3, 0.4) is 0 Å². The second-order valence-corrected chi connectivity index (χ2v) is 7.86. The Morgan fingerprint density at radius 1 is 1.30 bits per heavy atom. The molecule has 0 radical (unpaired) electrons. The number of hydrogen-bond acceptors (Lipinski definition) is 4. The van der Waals surface area contributed by atoms with E-state index in [1.165, 1.54) is 0 Å². The predicted molar refractivity (Wildman–Crippen MR) is 103 cm³/mol. The molecule has 1 aromatic carbocycles. The van der Waals surface area contributed by atoms with Crippen molar-refractivity contribution in [3.05, 3.63) is 34.9 Å². The van der Waals surface area contributed by atoms with Crippen LogP contribution in [0.2, 0.25) is 5.02 Å². The maximum absolute atomic E-state index is 13.4. The van der Waals surface area contributed by atoms with Crippen molar-refractivity contribution in [1.82, 2.24) is 10.2 Å². The SMILES string of the molecule is COCCNC(=O)[C@H]1COC2(CCC(C)CC2)N1C(=O)c1ccc(Cl)cc1. The first kappa shape index (κ1) is 20.1. The molecular weight excluding hydrogens is 368 g/mol. The molecule has 27 heavy (non-hydrogen) atoms. The van der Waals surface area contributed by atoms with Crippen LogP contribution in [-0.2, 0) is 14.3 Å². The van der Waals surface area contributed by atoms with Crippen LogP contribution in [0.25, 0.3) is 0 Å². The van der Waals surface area contributed by atoms with Gasteiger partial charge in [0.25, 0.3) is 5.91 Å². The molecule has 3 rings (SSSR count). The van der Waals surface area contributed by atoms with Gasteiger partial charge >= 0.3 is 0 Å². The van der Waals surface area contributed by atoms with Crippen molar-refractivity contribution in [3.8, 4) is 0 Å². The molecule has 2 amide bonds. The van der Waals surface area contributed by atoms with Gasteiger partial charge in [0.1, 0.15) is 11.8 Å². The summed E-state index contributed by atoms with van der Waals surface area (Å²) in [6, 6.07) is 6.13. The van der Waals surface area contributed by atoms with E-state index < -0.39 is 11.8 Å². The summed E-state index contributed by atoms with van der Waals surface area (Å²) in [4.78, 5) is 27.8. The largest absolute Gasteiger partial charge is 0.383 e. The maximum atomic E-state index is 13.4. The summed E-state index contributed by atoms with van der Waals surface area (Å²) in [6.45, 7) is 3.25. The molecule has 0 bridgehead atoms. The zero-order chi connectivity index (χ0) is 19.4. The highest BCUT2D eigenvalue weighted by atomic mass is 35.5. The lowest BCUT2D eigenvalue weighted by atomic mass is 9.83. The molecule has 1 aliphatic carbocycles. The van der Waals surface area contributed by atoms with Gasteiger partial charge in [0, 0.05) is 24.2 Å². The number of nitrogens with one attached hydrogen (secondary N) is 1. The quantitative estimate of drug-likeness (QED) is 0.780. The first-order valence-electron chi connectivity index (χ1n) is 9.47. The first-order chi connectivity index (χ1) is 13.0. The van der Waals surface area contributed by atoms with Crippen LogP contribution in [0.1, 0.15) is 43.0 Å². The van der Waals surface area contributed by atoms with Gasteiger partial charge in [0.15, 0.2) is 0 Å². The Bertz CT molecular complexity index is 671. The average Bonchev–Trinajstić information content (AvgIpc) is 3.03. The topological polar surface area (TPSA) is 67.9 Å². The Morgan fingerprint density at radius 2 is 1.96 bits per heavy atom. The van der Waals surface area contributed by atoms with Crippen molar-refractivity contribution in [1.29, 1.82) is 0 Å². The molecule has 0 unspecified atom stereocenters. The number of hydrogen-bond donors (Lipinski definition) is 1. The van der Waals surface area contributed by atoms with E-state index in [9.17, 15) is 9.59 Å². The highest BCUT2D eigenvalue weighted by Crippen LogP contribution is 2.43. The number of benzene rings is 1. The van der Waals surface area contributed by atoms with E-state index in [0.29, 0.717) is 29.7 Å². The highest BCUT2D eigenvalue weighted by molar-refractivity contribution is 6.30. The van der Waals surface area contributed by atoms with Gasteiger partial charge in [-0.05, 0) is 55.9 Å². The van der Waals surface area contributed by atoms with Gasteiger partial charge in [-0.1, -0.05) is 18.5 Å². The fourth-order valence-corrected chi connectivity index (χ4v) is 4.03. The van der Waals surface area contributed by atoms with Gasteiger partial charge in [0.2, 0.25) is 5.91 Å². The Kier molecular flexibility index (Phi) is 6.40. The van der Waals surface area contributed by atoms with Crippen LogP contribution in [0, 0.1) is 5.92 Å². The molecule has 1 saturated heterocycles. The van der Waals surface area contributed by atoms with Gasteiger partial charge in [-0.15, -0.1) is 0 Å². The number of ether oxygens (including phenoxy) is 2. The third-order valence-electron chi connectivity index (χ3n) is 5.53. The summed E-state index contributed by atoms with van der Waals surface area (Å²) in [5.41, 5.74) is -0.190. The molecule has 1 N–H and O–H groups in total. The maximum Gasteiger partial charge on any atom is 0.256 e. The lowest BCUT2D eigenvalue weighted by Gasteiger charge is -2.43. The third kappa shape index (κ3) is 4.28. The molecule has 0 aromatic heterocycles. The zero-order valence-corrected chi connectivity index (χ0v) is 16.6. The zero-order valence-electron chi connectivity index (χ0n) is 15.9. The lowest BCUT2D eigenvalue weighted by molar-refractivity contribution is -0.128. The van der Waals surface area contributed by atoms with Crippen molar-refractivity contribution in [2.45, 2.75) is 44.4 Å². The summed E-state index contributed by atoms with van der Waals surface area (Å²) in [5, 5.41) is 3.41. The Hall–Kier alpha value is -1.63. The number of amides is 2. The van der Waals surface area contributed by atoms with E-state index in [2.05, 4.69) is 12.2 Å². The molecular formula is C20H27ClN2O4. The average molecular weight is 395 g/mol. The van der Waals surface area contributed by atoms with Gasteiger partial charge in [-0.25, -0.2) is 0 Å². The molecule has 1 aliphatic heterocycles. The molecule has 1 heterocycles. The fraction of sp³-hybridized carbons (Fsp3) is 0.600. The molecule has 2 aliphatic rings. The summed E-state index contributed by atoms with van der Waals surface area (Å²) in [5.74, 6) is 0.205. The van der Waals surface area contributed by atoms with Crippen LogP contribution in [-0.4, -0.2) is 55.3 Å². The van der Waals surface area contributed by atoms with E-state index in [4.69, 9.17) is 21.1 Å². The van der Waals surface area contributed by atoms with Crippen LogP contribution in [0.15, 0.2) is 24.3 Å². The molecule has 148 valence electrons. The van der Waals surface area contributed by atoms with Crippen LogP contribution < -0.4 is 5.32 Å². The standard InChI is InChI=1S/C20H27ClN2O4/c1-14-7-9-20(10-8-14)23(19(25)15-3-5-16(21)6-4-15)17(13-27-20)18(24)22-11-12-26-2/h3-6,14,17H,7-13H2,1-2H3,(H,22,24)/t14?,17-,20?/m1/s1. The number of carbonyl (C=O) groups excluding carboxylic acids is 2. The molecule has 6 nitrogen and oxygen atoms in total. The summed E-state index contributed by atoms with van der Waals surface area (Å²) in [6.07, 6.45) is 3.44. The molecule has 1 aromatic rings. The predicted octanol–water partition coefficient (Wildman–Crippen LogP) is 2.85. The van der Waals surface area contributed by atoms with Crippen molar-refractivity contribution < 1.29 is 19.1 Å². The Balaban J connectivity index is 1.86. The number of halogens is 1. The minimum absolute atomic E-state index is 0.189. The minimum atomic E-state index is -0.702. The van der Waals surface area contributed by atoms with Gasteiger partial charge < -0.3 is 14.8 Å². The van der Waals surface area contributed by atoms with E-state index in [1.807, 2.05) is 0 Å². The van der Waals surface area contributed by atoms with Crippen molar-refractivity contribution in [3.63, 3.8) is 0 Å². The Morgan fingerprint density at radius 3 is 2.59 bits per heavy atom. The normalized spacial score (nSPS) is 27.7. The van der Waals surface area contributed by atoms with Gasteiger partial charge in [0.05, 0.1) is 13.2 Å². The number of methoxy groups -OCH3 is 1. The van der Waals surface area contributed by atoms with Crippen molar-refractivity contribution in [2.75, 3.05) is 26.9 Å². The second kappa shape index (κ2) is 8.59. The Labute approximate surface area is 165 Å². The van der Waals surface area contributed by atoms with E-state index in [1.54, 1.807) is 36.3 Å². The van der Waals surface area contributed by atoms with Crippen molar-refractivity contribution in [2.24, 2.45) is 5.92 Å². The summed E-state index contributed by atoms with van der Waals surface area (Å²) < 4.78 is 11.1. The third-order valence-corrected chi connectivity index (χ3v) is 5.79. The van der Waals surface area contributed by atoms with Crippen LogP contribution >= 0.6 is 11.6 Å². The molecule has 1 atom stereocenters. The molecule has 7 heteroatoms. The van der Waals surface area contributed by atoms with Crippen molar-refractivity contribution >= 4 is 23.4 Å². The molecule has 2 fully saturated rings. The number of carbonyl (C=O) groups is 2. The monoisotopic (exact) mass is 394 g/mol. The smallest absolute Gasteiger partial charge is 0.256 e. The van der Waals surface area contributed by atoms with E-state index >= 15 is 0 Å². The van der Waals surface area contributed by atoms with Gasteiger partial charge in [-0.3, -0.25) is 14.5 Å². The van der Waals surface area contributed by atoms with Gasteiger partial charge in [-0.2, -0.15) is 0 Å².